The lowest BCUT2D eigenvalue weighted by atomic mass is 10.1. The molecule has 0 saturated heterocycles. The van der Waals surface area contributed by atoms with Gasteiger partial charge in [-0.3, -0.25) is 9.59 Å². The average molecular weight is 294 g/mol. The number of hydrogen-bond acceptors (Lipinski definition) is 5. The molecule has 0 heterocycles. The lowest BCUT2D eigenvalue weighted by Crippen LogP contribution is -2.39. The lowest BCUT2D eigenvalue weighted by molar-refractivity contribution is -0.121. The summed E-state index contributed by atoms with van der Waals surface area (Å²) >= 11 is 0. The second-order valence-electron chi connectivity index (χ2n) is 4.53. The quantitative estimate of drug-likeness (QED) is 0.424. The first-order valence-electron chi connectivity index (χ1n) is 6.64. The molecule has 0 spiro atoms. The van der Waals surface area contributed by atoms with Crippen molar-refractivity contribution < 1.29 is 14.3 Å². The second-order valence-corrected chi connectivity index (χ2v) is 4.53. The van der Waals surface area contributed by atoms with Crippen molar-refractivity contribution in [2.45, 2.75) is 13.0 Å². The molecule has 1 atom stereocenters. The Kier molecular flexibility index (Phi) is 6.48. The van der Waals surface area contributed by atoms with E-state index in [-0.39, 0.29) is 11.8 Å². The first kappa shape index (κ1) is 16.8. The number of carbonyl (C=O) groups excluding carboxylic acids is 2. The van der Waals surface area contributed by atoms with E-state index in [1.54, 1.807) is 39.3 Å². The fraction of sp³-hybridized carbons (Fsp3) is 0.429. The number of ether oxygens (including phenoxy) is 1. The van der Waals surface area contributed by atoms with Crippen molar-refractivity contribution in [3.63, 3.8) is 0 Å². The Bertz CT molecular complexity index is 505. The molecule has 116 valence electrons. The topological polar surface area (TPSA) is 105 Å². The van der Waals surface area contributed by atoms with Crippen molar-refractivity contribution in [3.8, 4) is 0 Å². The van der Waals surface area contributed by atoms with E-state index in [1.165, 1.54) is 0 Å². The molecule has 5 N–H and O–H groups in total. The lowest BCUT2D eigenvalue weighted by Gasteiger charge is -2.17. The molecule has 7 heteroatoms. The maximum absolute atomic E-state index is 11.8. The van der Waals surface area contributed by atoms with Gasteiger partial charge in [-0.25, -0.2) is 0 Å². The SMILES string of the molecule is CNC(=O)c1ccc(NC(C)C(=O)NCCOC)c(N)c1. The number of carbonyl (C=O) groups is 2. The highest BCUT2D eigenvalue weighted by molar-refractivity contribution is 5.96. The van der Waals surface area contributed by atoms with Crippen LogP contribution in [0.15, 0.2) is 18.2 Å². The summed E-state index contributed by atoms with van der Waals surface area (Å²) in [5.41, 5.74) is 7.38. The summed E-state index contributed by atoms with van der Waals surface area (Å²) in [6, 6.07) is 4.44. The summed E-state index contributed by atoms with van der Waals surface area (Å²) in [5.74, 6) is -0.361. The van der Waals surface area contributed by atoms with Crippen LogP contribution in [0.1, 0.15) is 17.3 Å². The summed E-state index contributed by atoms with van der Waals surface area (Å²) in [6.07, 6.45) is 0. The molecular weight excluding hydrogens is 272 g/mol. The number of amides is 2. The standard InChI is InChI=1S/C14H22N4O3/c1-9(13(19)17-6-7-21-3)18-12-5-4-10(8-11(12)15)14(20)16-2/h4-5,8-9,18H,6-7,15H2,1-3H3,(H,16,20)(H,17,19). The number of methoxy groups -OCH3 is 1. The van der Waals surface area contributed by atoms with E-state index in [1.807, 2.05) is 0 Å². The molecule has 0 bridgehead atoms. The van der Waals surface area contributed by atoms with E-state index >= 15 is 0 Å². The second kappa shape index (κ2) is 8.11. The third kappa shape index (κ3) is 4.96. The number of nitrogens with one attached hydrogen (secondary N) is 3. The molecule has 0 fully saturated rings. The molecule has 21 heavy (non-hydrogen) atoms. The molecule has 0 aromatic heterocycles. The zero-order valence-electron chi connectivity index (χ0n) is 12.5. The first-order chi connectivity index (χ1) is 9.99. The molecule has 0 radical (unpaired) electrons. The molecular formula is C14H22N4O3. The Balaban J connectivity index is 2.66. The summed E-state index contributed by atoms with van der Waals surface area (Å²) in [4.78, 5) is 23.3. The zero-order valence-corrected chi connectivity index (χ0v) is 12.5. The average Bonchev–Trinajstić information content (AvgIpc) is 2.48. The Labute approximate surface area is 124 Å². The highest BCUT2D eigenvalue weighted by atomic mass is 16.5. The number of nitrogens with two attached hydrogens (primary N) is 1. The number of anilines is 2. The van der Waals surface area contributed by atoms with E-state index in [2.05, 4.69) is 16.0 Å². The van der Waals surface area contributed by atoms with Gasteiger partial charge in [-0.1, -0.05) is 0 Å². The van der Waals surface area contributed by atoms with E-state index < -0.39 is 6.04 Å². The summed E-state index contributed by atoms with van der Waals surface area (Å²) in [6.45, 7) is 2.64. The van der Waals surface area contributed by atoms with Crippen LogP contribution in [0.5, 0.6) is 0 Å². The number of hydrogen-bond donors (Lipinski definition) is 4. The van der Waals surface area contributed by atoms with Crippen LogP contribution >= 0.6 is 0 Å². The monoisotopic (exact) mass is 294 g/mol. The minimum atomic E-state index is -0.449. The van der Waals surface area contributed by atoms with Crippen LogP contribution in [0.2, 0.25) is 0 Å². The largest absolute Gasteiger partial charge is 0.397 e. The van der Waals surface area contributed by atoms with Crippen molar-refractivity contribution in [2.75, 3.05) is 38.4 Å². The number of rotatable bonds is 7. The van der Waals surface area contributed by atoms with Gasteiger partial charge in [-0.05, 0) is 25.1 Å². The van der Waals surface area contributed by atoms with Gasteiger partial charge in [-0.2, -0.15) is 0 Å². The summed E-state index contributed by atoms with van der Waals surface area (Å²) in [7, 11) is 3.12. The minimum Gasteiger partial charge on any atom is -0.397 e. The predicted octanol–water partition coefficient (Wildman–Crippen LogP) is 0.191. The van der Waals surface area contributed by atoms with Crippen molar-refractivity contribution in [1.82, 2.24) is 10.6 Å². The summed E-state index contributed by atoms with van der Waals surface area (Å²) in [5, 5.41) is 8.27. The Hall–Kier alpha value is -2.28. The van der Waals surface area contributed by atoms with E-state index in [9.17, 15) is 9.59 Å². The maximum Gasteiger partial charge on any atom is 0.251 e. The van der Waals surface area contributed by atoms with Crippen LogP contribution < -0.4 is 21.7 Å². The summed E-state index contributed by atoms with van der Waals surface area (Å²) < 4.78 is 4.86. The fourth-order valence-electron chi connectivity index (χ4n) is 1.71. The van der Waals surface area contributed by atoms with Gasteiger partial charge in [0.2, 0.25) is 5.91 Å². The van der Waals surface area contributed by atoms with Crippen LogP contribution in [-0.2, 0) is 9.53 Å². The zero-order chi connectivity index (χ0) is 15.8. The van der Waals surface area contributed by atoms with Gasteiger partial charge in [-0.15, -0.1) is 0 Å². The van der Waals surface area contributed by atoms with Crippen LogP contribution in [0.25, 0.3) is 0 Å². The normalized spacial score (nSPS) is 11.6. The molecule has 1 rings (SSSR count). The number of benzene rings is 1. The van der Waals surface area contributed by atoms with Crippen molar-refractivity contribution in [1.29, 1.82) is 0 Å². The minimum absolute atomic E-state index is 0.151. The van der Waals surface area contributed by atoms with Gasteiger partial charge < -0.3 is 26.4 Å². The van der Waals surface area contributed by atoms with E-state index in [4.69, 9.17) is 10.5 Å². The highest BCUT2D eigenvalue weighted by Gasteiger charge is 2.14. The third-order valence-corrected chi connectivity index (χ3v) is 2.91. The molecule has 0 aliphatic rings. The van der Waals surface area contributed by atoms with Gasteiger partial charge in [0.1, 0.15) is 6.04 Å². The van der Waals surface area contributed by atoms with Crippen molar-refractivity contribution >= 4 is 23.2 Å². The predicted molar refractivity (Wildman–Crippen MR) is 82.2 cm³/mol. The van der Waals surface area contributed by atoms with E-state index in [0.29, 0.717) is 30.1 Å². The van der Waals surface area contributed by atoms with Gasteiger partial charge >= 0.3 is 0 Å². The van der Waals surface area contributed by atoms with Gasteiger partial charge in [0.05, 0.1) is 18.0 Å². The Morgan fingerprint density at radius 1 is 1.38 bits per heavy atom. The first-order valence-corrected chi connectivity index (χ1v) is 6.64. The molecule has 1 aromatic carbocycles. The van der Waals surface area contributed by atoms with Crippen LogP contribution in [0.4, 0.5) is 11.4 Å². The van der Waals surface area contributed by atoms with Crippen molar-refractivity contribution in [2.24, 2.45) is 0 Å². The molecule has 7 nitrogen and oxygen atoms in total. The smallest absolute Gasteiger partial charge is 0.251 e. The maximum atomic E-state index is 11.8. The van der Waals surface area contributed by atoms with Crippen LogP contribution in [-0.4, -0.2) is 45.2 Å². The molecule has 2 amide bonds. The Morgan fingerprint density at radius 2 is 2.10 bits per heavy atom. The fourth-order valence-corrected chi connectivity index (χ4v) is 1.71. The number of nitrogen functional groups attached to an aromatic ring is 1. The van der Waals surface area contributed by atoms with Crippen LogP contribution in [0, 0.1) is 0 Å². The third-order valence-electron chi connectivity index (χ3n) is 2.91. The molecule has 0 aliphatic heterocycles. The van der Waals surface area contributed by atoms with Gasteiger partial charge in [0.25, 0.3) is 5.91 Å². The molecule has 0 saturated carbocycles. The van der Waals surface area contributed by atoms with Crippen LogP contribution in [0.3, 0.4) is 0 Å². The molecule has 1 unspecified atom stereocenters. The van der Waals surface area contributed by atoms with Crippen molar-refractivity contribution in [3.05, 3.63) is 23.8 Å². The molecule has 0 aliphatic carbocycles. The van der Waals surface area contributed by atoms with E-state index in [0.717, 1.165) is 0 Å². The Morgan fingerprint density at radius 3 is 2.67 bits per heavy atom. The highest BCUT2D eigenvalue weighted by Crippen LogP contribution is 2.20. The molecule has 1 aromatic rings. The van der Waals surface area contributed by atoms with Gasteiger partial charge in [0.15, 0.2) is 0 Å². The van der Waals surface area contributed by atoms with Gasteiger partial charge in [0, 0.05) is 26.3 Å².